The van der Waals surface area contributed by atoms with Gasteiger partial charge in [0.05, 0.1) is 30.2 Å². The molecule has 1 amide bonds. The third-order valence-corrected chi connectivity index (χ3v) is 3.39. The quantitative estimate of drug-likeness (QED) is 0.862. The van der Waals surface area contributed by atoms with Crippen molar-refractivity contribution >= 4 is 11.9 Å². The van der Waals surface area contributed by atoms with Crippen LogP contribution in [0.1, 0.15) is 32.0 Å². The molecule has 1 fully saturated rings. The van der Waals surface area contributed by atoms with Crippen molar-refractivity contribution in [1.82, 2.24) is 14.5 Å². The number of rotatable bonds is 3. The van der Waals surface area contributed by atoms with Crippen LogP contribution in [-0.2, 0) is 16.6 Å². The van der Waals surface area contributed by atoms with Crippen molar-refractivity contribution < 1.29 is 14.7 Å². The van der Waals surface area contributed by atoms with Gasteiger partial charge in [0.1, 0.15) is 0 Å². The van der Waals surface area contributed by atoms with E-state index >= 15 is 0 Å². The highest BCUT2D eigenvalue weighted by Crippen LogP contribution is 2.39. The minimum Gasteiger partial charge on any atom is -0.481 e. The summed E-state index contributed by atoms with van der Waals surface area (Å²) in [7, 11) is 1.81. The van der Waals surface area contributed by atoms with Gasteiger partial charge in [-0.25, -0.2) is 4.98 Å². The normalized spacial score (nSPS) is 24.0. The van der Waals surface area contributed by atoms with Crippen LogP contribution in [0.15, 0.2) is 12.5 Å². The molecule has 1 aromatic rings. The Morgan fingerprint density at radius 1 is 1.56 bits per heavy atom. The molecule has 1 aromatic heterocycles. The molecule has 6 heteroatoms. The van der Waals surface area contributed by atoms with Gasteiger partial charge < -0.3 is 14.6 Å². The van der Waals surface area contributed by atoms with Crippen LogP contribution in [0.3, 0.4) is 0 Å². The van der Waals surface area contributed by atoms with Crippen LogP contribution in [0.5, 0.6) is 0 Å². The number of likely N-dealkylation sites (tertiary alicyclic amines) is 1. The van der Waals surface area contributed by atoms with Crippen LogP contribution in [0.4, 0.5) is 0 Å². The number of aryl methyl sites for hydroxylation is 1. The lowest BCUT2D eigenvalue weighted by Crippen LogP contribution is -2.36. The van der Waals surface area contributed by atoms with Gasteiger partial charge in [-0.1, -0.05) is 0 Å². The second-order valence-electron chi connectivity index (χ2n) is 4.92. The molecule has 2 rings (SSSR count). The van der Waals surface area contributed by atoms with Crippen molar-refractivity contribution in [2.75, 3.05) is 0 Å². The van der Waals surface area contributed by atoms with E-state index in [-0.39, 0.29) is 18.4 Å². The number of hydrogen-bond donors (Lipinski definition) is 1. The summed E-state index contributed by atoms with van der Waals surface area (Å²) >= 11 is 0. The molecule has 1 aliphatic heterocycles. The van der Waals surface area contributed by atoms with Crippen molar-refractivity contribution in [3.63, 3.8) is 0 Å². The molecule has 1 saturated heterocycles. The number of amides is 1. The average molecular weight is 251 g/mol. The first kappa shape index (κ1) is 12.6. The van der Waals surface area contributed by atoms with Crippen LogP contribution in [-0.4, -0.2) is 37.5 Å². The zero-order valence-electron chi connectivity index (χ0n) is 10.7. The number of carboxylic acid groups (broad SMARTS) is 1. The predicted molar refractivity (Wildman–Crippen MR) is 63.7 cm³/mol. The van der Waals surface area contributed by atoms with E-state index in [0.717, 1.165) is 5.69 Å². The lowest BCUT2D eigenvalue weighted by molar-refractivity contribution is -0.142. The summed E-state index contributed by atoms with van der Waals surface area (Å²) < 4.78 is 1.77. The van der Waals surface area contributed by atoms with Gasteiger partial charge in [-0.2, -0.15) is 0 Å². The molecule has 0 aliphatic carbocycles. The van der Waals surface area contributed by atoms with Gasteiger partial charge >= 0.3 is 5.97 Å². The zero-order valence-corrected chi connectivity index (χ0v) is 10.7. The largest absolute Gasteiger partial charge is 0.481 e. The molecule has 6 nitrogen and oxygen atoms in total. The number of carbonyl (C=O) groups is 2. The molecule has 0 aromatic carbocycles. The molecule has 0 spiro atoms. The third kappa shape index (κ3) is 1.87. The Balaban J connectivity index is 2.46. The summed E-state index contributed by atoms with van der Waals surface area (Å²) in [4.78, 5) is 29.0. The molecular formula is C12H17N3O3. The SMILES string of the molecule is CC(C)N1C(=O)CC(C(=O)O)C1c1cncn1C. The second-order valence-corrected chi connectivity index (χ2v) is 4.92. The summed E-state index contributed by atoms with van der Waals surface area (Å²) in [6.07, 6.45) is 3.31. The van der Waals surface area contributed by atoms with E-state index in [2.05, 4.69) is 4.98 Å². The molecule has 2 heterocycles. The Bertz CT molecular complexity index is 481. The van der Waals surface area contributed by atoms with E-state index in [1.165, 1.54) is 0 Å². The highest BCUT2D eigenvalue weighted by atomic mass is 16.4. The van der Waals surface area contributed by atoms with E-state index in [1.807, 2.05) is 20.9 Å². The number of carboxylic acids is 1. The maximum absolute atomic E-state index is 12.0. The van der Waals surface area contributed by atoms with Gasteiger partial charge in [0, 0.05) is 19.5 Å². The van der Waals surface area contributed by atoms with E-state index in [1.54, 1.807) is 22.0 Å². The molecular weight excluding hydrogens is 234 g/mol. The standard InChI is InChI=1S/C12H17N3O3/c1-7(2)15-10(16)4-8(12(17)18)11(15)9-5-13-6-14(9)3/h5-8,11H,4H2,1-3H3,(H,17,18). The van der Waals surface area contributed by atoms with Crippen LogP contribution in [0.2, 0.25) is 0 Å². The summed E-state index contributed by atoms with van der Waals surface area (Å²) in [5.74, 6) is -1.74. The molecule has 0 bridgehead atoms. The zero-order chi connectivity index (χ0) is 13.4. The van der Waals surface area contributed by atoms with Crippen molar-refractivity contribution in [2.45, 2.75) is 32.4 Å². The number of carbonyl (C=O) groups excluding carboxylic acids is 1. The van der Waals surface area contributed by atoms with Gasteiger partial charge in [0.2, 0.25) is 5.91 Å². The average Bonchev–Trinajstić information content (AvgIpc) is 2.81. The minimum absolute atomic E-state index is 0.0262. The molecule has 2 unspecified atom stereocenters. The highest BCUT2D eigenvalue weighted by molar-refractivity contribution is 5.87. The molecule has 98 valence electrons. The molecule has 1 N–H and O–H groups in total. The first-order valence-corrected chi connectivity index (χ1v) is 5.93. The number of hydrogen-bond acceptors (Lipinski definition) is 3. The summed E-state index contributed by atoms with van der Waals surface area (Å²) in [6, 6.07) is -0.454. The van der Waals surface area contributed by atoms with E-state index < -0.39 is 17.9 Å². The predicted octanol–water partition coefficient (Wildman–Crippen LogP) is 0.803. The summed E-state index contributed by atoms with van der Waals surface area (Å²) in [6.45, 7) is 3.79. The molecule has 2 atom stereocenters. The fraction of sp³-hybridized carbons (Fsp3) is 0.583. The summed E-state index contributed by atoms with van der Waals surface area (Å²) in [5, 5.41) is 9.28. The minimum atomic E-state index is -0.933. The van der Waals surface area contributed by atoms with Crippen LogP contribution < -0.4 is 0 Å². The topological polar surface area (TPSA) is 75.4 Å². The number of nitrogens with zero attached hydrogens (tertiary/aromatic N) is 3. The van der Waals surface area contributed by atoms with E-state index in [9.17, 15) is 14.7 Å². The fourth-order valence-corrected chi connectivity index (χ4v) is 2.59. The Labute approximate surface area is 105 Å². The van der Waals surface area contributed by atoms with Crippen molar-refractivity contribution in [3.8, 4) is 0 Å². The molecule has 18 heavy (non-hydrogen) atoms. The van der Waals surface area contributed by atoms with Gasteiger partial charge in [0.25, 0.3) is 0 Å². The lowest BCUT2D eigenvalue weighted by atomic mass is 9.97. The highest BCUT2D eigenvalue weighted by Gasteiger charge is 2.46. The smallest absolute Gasteiger partial charge is 0.309 e. The Morgan fingerprint density at radius 3 is 2.67 bits per heavy atom. The van der Waals surface area contributed by atoms with Gasteiger partial charge in [-0.3, -0.25) is 9.59 Å². The van der Waals surface area contributed by atoms with E-state index in [4.69, 9.17) is 0 Å². The monoisotopic (exact) mass is 251 g/mol. The third-order valence-electron chi connectivity index (χ3n) is 3.39. The number of imidazole rings is 1. The number of aromatic nitrogens is 2. The van der Waals surface area contributed by atoms with Crippen molar-refractivity contribution in [2.24, 2.45) is 13.0 Å². The molecule has 1 aliphatic rings. The van der Waals surface area contributed by atoms with Crippen LogP contribution in [0.25, 0.3) is 0 Å². The molecule has 0 radical (unpaired) electrons. The lowest BCUT2D eigenvalue weighted by Gasteiger charge is -2.30. The van der Waals surface area contributed by atoms with Crippen molar-refractivity contribution in [1.29, 1.82) is 0 Å². The van der Waals surface area contributed by atoms with Gasteiger partial charge in [0.15, 0.2) is 0 Å². The maximum Gasteiger partial charge on any atom is 0.309 e. The Kier molecular flexibility index (Phi) is 3.11. The maximum atomic E-state index is 12.0. The first-order chi connectivity index (χ1) is 8.43. The Hall–Kier alpha value is -1.85. The van der Waals surface area contributed by atoms with E-state index in [0.29, 0.717) is 0 Å². The summed E-state index contributed by atoms with van der Waals surface area (Å²) in [5.41, 5.74) is 0.766. The first-order valence-electron chi connectivity index (χ1n) is 5.93. The fourth-order valence-electron chi connectivity index (χ4n) is 2.59. The van der Waals surface area contributed by atoms with Crippen LogP contribution >= 0.6 is 0 Å². The van der Waals surface area contributed by atoms with Gasteiger partial charge in [-0.15, -0.1) is 0 Å². The second kappa shape index (κ2) is 4.44. The number of aliphatic carboxylic acids is 1. The van der Waals surface area contributed by atoms with Gasteiger partial charge in [-0.05, 0) is 13.8 Å². The van der Waals surface area contributed by atoms with Crippen molar-refractivity contribution in [3.05, 3.63) is 18.2 Å². The Morgan fingerprint density at radius 2 is 2.22 bits per heavy atom. The van der Waals surface area contributed by atoms with Crippen LogP contribution in [0, 0.1) is 5.92 Å². The molecule has 0 saturated carbocycles.